The largest absolute Gasteiger partial charge is 0.398 e. The molecule has 0 amide bonds. The molecule has 0 radical (unpaired) electrons. The van der Waals surface area contributed by atoms with Gasteiger partial charge in [0.05, 0.1) is 5.71 Å². The van der Waals surface area contributed by atoms with Crippen LogP contribution in [0.4, 0.5) is 15.8 Å². The van der Waals surface area contributed by atoms with Gasteiger partial charge in [-0.3, -0.25) is 0 Å². The Bertz CT molecular complexity index is 806. The van der Waals surface area contributed by atoms with Gasteiger partial charge in [-0.15, -0.1) is 0 Å². The fraction of sp³-hybridized carbons (Fsp3) is 0.150. The van der Waals surface area contributed by atoms with Crippen molar-refractivity contribution in [3.63, 3.8) is 0 Å². The van der Waals surface area contributed by atoms with E-state index < -0.39 is 0 Å². The maximum atomic E-state index is 13.4. The lowest BCUT2D eigenvalue weighted by Gasteiger charge is -2.25. The molecule has 0 fully saturated rings. The van der Waals surface area contributed by atoms with Gasteiger partial charge in [0.25, 0.3) is 0 Å². The zero-order valence-corrected chi connectivity index (χ0v) is 14.3. The van der Waals surface area contributed by atoms with E-state index in [0.29, 0.717) is 22.8 Å². The van der Waals surface area contributed by atoms with Crippen LogP contribution < -0.4 is 10.6 Å². The van der Waals surface area contributed by atoms with Crippen LogP contribution in [0.1, 0.15) is 25.0 Å². The van der Waals surface area contributed by atoms with E-state index in [1.54, 1.807) is 0 Å². The molecule has 0 saturated carbocycles. The SMILES string of the molecule is C=C1N=C(c2cc(F)ccc2N)C=CN1c1ccccc1C.CC. The molecule has 3 rings (SSSR count). The van der Waals surface area contributed by atoms with Crippen LogP contribution in [0, 0.1) is 12.7 Å². The van der Waals surface area contributed by atoms with E-state index in [1.807, 2.05) is 62.2 Å². The summed E-state index contributed by atoms with van der Waals surface area (Å²) in [6, 6.07) is 12.2. The van der Waals surface area contributed by atoms with Crippen LogP contribution >= 0.6 is 0 Å². The van der Waals surface area contributed by atoms with Crippen LogP contribution in [0.15, 0.2) is 72.1 Å². The van der Waals surface area contributed by atoms with Crippen molar-refractivity contribution in [3.05, 3.63) is 84.1 Å². The third-order valence-corrected chi connectivity index (χ3v) is 3.58. The predicted molar refractivity (Wildman–Crippen MR) is 101 cm³/mol. The first-order valence-corrected chi connectivity index (χ1v) is 7.92. The topological polar surface area (TPSA) is 41.6 Å². The second-order valence-electron chi connectivity index (χ2n) is 5.12. The molecule has 0 saturated heterocycles. The van der Waals surface area contributed by atoms with Crippen LogP contribution in [-0.2, 0) is 0 Å². The number of nitrogens with zero attached hydrogens (tertiary/aromatic N) is 2. The summed E-state index contributed by atoms with van der Waals surface area (Å²) in [5.41, 5.74) is 9.71. The Morgan fingerprint density at radius 3 is 2.50 bits per heavy atom. The molecule has 2 aromatic carbocycles. The predicted octanol–water partition coefficient (Wildman–Crippen LogP) is 5.04. The number of anilines is 2. The van der Waals surface area contributed by atoms with Crippen LogP contribution in [0.3, 0.4) is 0 Å². The highest BCUT2D eigenvalue weighted by atomic mass is 19.1. The number of rotatable bonds is 2. The fourth-order valence-corrected chi connectivity index (χ4v) is 2.41. The minimum absolute atomic E-state index is 0.341. The summed E-state index contributed by atoms with van der Waals surface area (Å²) >= 11 is 0. The molecule has 0 bridgehead atoms. The summed E-state index contributed by atoms with van der Waals surface area (Å²) in [5.74, 6) is 0.225. The quantitative estimate of drug-likeness (QED) is 0.787. The first-order valence-electron chi connectivity index (χ1n) is 7.92. The smallest absolute Gasteiger partial charge is 0.130 e. The van der Waals surface area contributed by atoms with Gasteiger partial charge in [-0.25, -0.2) is 9.38 Å². The number of allylic oxidation sites excluding steroid dienone is 1. The number of nitrogens with two attached hydrogens (primary N) is 1. The molecule has 1 aliphatic rings. The van der Waals surface area contributed by atoms with Gasteiger partial charge in [0.15, 0.2) is 0 Å². The molecular weight excluding hydrogens is 301 g/mol. The molecule has 1 aliphatic heterocycles. The Morgan fingerprint density at radius 2 is 1.83 bits per heavy atom. The summed E-state index contributed by atoms with van der Waals surface area (Å²) in [6.45, 7) is 10.0. The molecule has 3 nitrogen and oxygen atoms in total. The second kappa shape index (κ2) is 7.59. The van der Waals surface area contributed by atoms with Gasteiger partial charge in [-0.2, -0.15) is 0 Å². The molecule has 1 heterocycles. The van der Waals surface area contributed by atoms with E-state index in [0.717, 1.165) is 11.3 Å². The maximum absolute atomic E-state index is 13.4. The highest BCUT2D eigenvalue weighted by Gasteiger charge is 2.16. The van der Waals surface area contributed by atoms with Gasteiger partial charge < -0.3 is 10.6 Å². The monoisotopic (exact) mass is 323 g/mol. The number of hydrogen-bond donors (Lipinski definition) is 1. The number of benzene rings is 2. The van der Waals surface area contributed by atoms with E-state index in [-0.39, 0.29) is 5.82 Å². The van der Waals surface area contributed by atoms with Crippen LogP contribution in [0.25, 0.3) is 0 Å². The standard InChI is InChI=1S/C18H16FN3.C2H6/c1-12-5-3-4-6-18(12)22-10-9-17(21-13(22)2)15-11-14(19)7-8-16(15)20;1-2/h3-11H,2,20H2,1H3;1-2H3. The Kier molecular flexibility index (Phi) is 5.53. The molecular formula is C20H22FN3. The Balaban J connectivity index is 0.00000100. The van der Waals surface area contributed by atoms with E-state index in [2.05, 4.69) is 11.6 Å². The van der Waals surface area contributed by atoms with Gasteiger partial charge in [-0.05, 0) is 42.8 Å². The number of hydrogen-bond acceptors (Lipinski definition) is 3. The van der Waals surface area contributed by atoms with Gasteiger partial charge in [0.2, 0.25) is 0 Å². The van der Waals surface area contributed by atoms with Crippen molar-refractivity contribution in [2.45, 2.75) is 20.8 Å². The molecule has 4 heteroatoms. The van der Waals surface area contributed by atoms with Crippen molar-refractivity contribution in [2.75, 3.05) is 10.6 Å². The molecule has 0 aliphatic carbocycles. The van der Waals surface area contributed by atoms with Crippen LogP contribution in [0.2, 0.25) is 0 Å². The summed E-state index contributed by atoms with van der Waals surface area (Å²) < 4.78 is 13.4. The molecule has 0 unspecified atom stereocenters. The molecule has 0 aromatic heterocycles. The van der Waals surface area contributed by atoms with Gasteiger partial charge >= 0.3 is 0 Å². The van der Waals surface area contributed by atoms with E-state index in [9.17, 15) is 4.39 Å². The lowest BCUT2D eigenvalue weighted by Crippen LogP contribution is -2.20. The average Bonchev–Trinajstić information content (AvgIpc) is 2.60. The van der Waals surface area contributed by atoms with Crippen molar-refractivity contribution in [2.24, 2.45) is 4.99 Å². The van der Waals surface area contributed by atoms with Crippen molar-refractivity contribution in [1.29, 1.82) is 0 Å². The zero-order valence-electron chi connectivity index (χ0n) is 14.3. The number of nitrogen functional groups attached to an aromatic ring is 1. The van der Waals surface area contributed by atoms with Gasteiger partial charge in [-0.1, -0.05) is 38.6 Å². The second-order valence-corrected chi connectivity index (χ2v) is 5.12. The van der Waals surface area contributed by atoms with Crippen LogP contribution in [-0.4, -0.2) is 5.71 Å². The minimum Gasteiger partial charge on any atom is -0.398 e. The first-order chi connectivity index (χ1) is 11.6. The number of halogens is 1. The highest BCUT2D eigenvalue weighted by molar-refractivity contribution is 6.13. The van der Waals surface area contributed by atoms with E-state index >= 15 is 0 Å². The first kappa shape index (κ1) is 17.5. The summed E-state index contributed by atoms with van der Waals surface area (Å²) in [4.78, 5) is 6.37. The van der Waals surface area contributed by atoms with Gasteiger partial charge in [0.1, 0.15) is 11.6 Å². The molecule has 0 spiro atoms. The van der Waals surface area contributed by atoms with Crippen molar-refractivity contribution in [3.8, 4) is 0 Å². The lowest BCUT2D eigenvalue weighted by atomic mass is 10.1. The Labute approximate surface area is 142 Å². The number of para-hydroxylation sites is 1. The third-order valence-electron chi connectivity index (χ3n) is 3.58. The lowest BCUT2D eigenvalue weighted by molar-refractivity contribution is 0.628. The minimum atomic E-state index is -0.341. The summed E-state index contributed by atoms with van der Waals surface area (Å²) in [6.07, 6.45) is 3.68. The average molecular weight is 323 g/mol. The third kappa shape index (κ3) is 3.54. The maximum Gasteiger partial charge on any atom is 0.130 e. The molecule has 2 aromatic rings. The van der Waals surface area contributed by atoms with E-state index in [1.165, 1.54) is 18.2 Å². The molecule has 124 valence electrons. The molecule has 2 N–H and O–H groups in total. The Morgan fingerprint density at radius 1 is 1.12 bits per heavy atom. The summed E-state index contributed by atoms with van der Waals surface area (Å²) in [5, 5.41) is 0. The number of aliphatic imine (C=N–C) groups is 1. The highest BCUT2D eigenvalue weighted by Crippen LogP contribution is 2.27. The molecule has 24 heavy (non-hydrogen) atoms. The van der Waals surface area contributed by atoms with Crippen molar-refractivity contribution in [1.82, 2.24) is 0 Å². The normalized spacial score (nSPS) is 13.2. The fourth-order valence-electron chi connectivity index (χ4n) is 2.41. The Hall–Kier alpha value is -2.88. The van der Waals surface area contributed by atoms with E-state index in [4.69, 9.17) is 5.73 Å². The number of aryl methyl sites for hydroxylation is 1. The van der Waals surface area contributed by atoms with Crippen molar-refractivity contribution >= 4 is 17.1 Å². The van der Waals surface area contributed by atoms with Gasteiger partial charge in [0, 0.05) is 23.1 Å². The molecule has 0 atom stereocenters. The van der Waals surface area contributed by atoms with Crippen molar-refractivity contribution < 1.29 is 4.39 Å². The zero-order chi connectivity index (χ0) is 17.7. The van der Waals surface area contributed by atoms with Crippen LogP contribution in [0.5, 0.6) is 0 Å². The summed E-state index contributed by atoms with van der Waals surface area (Å²) in [7, 11) is 0.